The lowest BCUT2D eigenvalue weighted by Gasteiger charge is -2.15. The molecule has 0 radical (unpaired) electrons. The zero-order chi connectivity index (χ0) is 9.68. The Morgan fingerprint density at radius 3 is 2.36 bits per heavy atom. The van der Waals surface area contributed by atoms with E-state index in [-0.39, 0.29) is 12.4 Å². The molecule has 2 atom stereocenters. The third-order valence-corrected chi connectivity index (χ3v) is 1.97. The molecule has 80 valence electrons. The van der Waals surface area contributed by atoms with Crippen LogP contribution in [0, 0.1) is 0 Å². The van der Waals surface area contributed by atoms with E-state index in [1.807, 2.05) is 30.3 Å². The van der Waals surface area contributed by atoms with E-state index in [1.165, 1.54) is 0 Å². The molecule has 0 aromatic heterocycles. The molecular weight excluding hydrogens is 205 g/mol. The monoisotopic (exact) mass is 219 g/mol. The van der Waals surface area contributed by atoms with Gasteiger partial charge >= 0.3 is 0 Å². The maximum absolute atomic E-state index is 12.0. The fourth-order valence-corrected chi connectivity index (χ4v) is 1.14. The van der Waals surface area contributed by atoms with Crippen molar-refractivity contribution in [2.45, 2.75) is 18.6 Å². The predicted molar refractivity (Wildman–Crippen MR) is 57.4 cm³/mol. The second-order valence-corrected chi connectivity index (χ2v) is 3.08. The number of rotatable bonds is 4. The highest BCUT2D eigenvalue weighted by atomic mass is 35.5. The Morgan fingerprint density at radius 2 is 1.86 bits per heavy atom. The lowest BCUT2D eigenvalue weighted by molar-refractivity contribution is 0.113. The van der Waals surface area contributed by atoms with E-state index in [2.05, 4.69) is 0 Å². The molecular formula is C10H15ClFNO. The first-order chi connectivity index (χ1) is 6.24. The van der Waals surface area contributed by atoms with Gasteiger partial charge in [-0.15, -0.1) is 12.4 Å². The smallest absolute Gasteiger partial charge is 0.117 e. The van der Waals surface area contributed by atoms with Crippen molar-refractivity contribution < 1.29 is 9.50 Å². The fraction of sp³-hybridized carbons (Fsp3) is 0.400. The molecule has 0 bridgehead atoms. The summed E-state index contributed by atoms with van der Waals surface area (Å²) in [6.45, 7) is -0.784. The summed E-state index contributed by atoms with van der Waals surface area (Å²) < 4.78 is 12.0. The summed E-state index contributed by atoms with van der Waals surface area (Å²) >= 11 is 0. The van der Waals surface area contributed by atoms with E-state index in [9.17, 15) is 4.39 Å². The number of hydrogen-bond donors (Lipinski definition) is 2. The van der Waals surface area contributed by atoms with Crippen molar-refractivity contribution in [1.82, 2.24) is 0 Å². The number of aliphatic hydroxyl groups excluding tert-OH is 1. The maximum atomic E-state index is 12.0. The van der Waals surface area contributed by atoms with Gasteiger partial charge < -0.3 is 10.8 Å². The van der Waals surface area contributed by atoms with Gasteiger partial charge in [-0.1, -0.05) is 30.3 Å². The highest BCUT2D eigenvalue weighted by Gasteiger charge is 2.14. The summed E-state index contributed by atoms with van der Waals surface area (Å²) in [5, 5.41) is 9.09. The topological polar surface area (TPSA) is 46.2 Å². The average molecular weight is 220 g/mol. The number of halogens is 2. The van der Waals surface area contributed by atoms with Crippen LogP contribution in [0.3, 0.4) is 0 Å². The Labute approximate surface area is 89.3 Å². The summed E-state index contributed by atoms with van der Waals surface area (Å²) in [5.41, 5.74) is 6.59. The molecule has 0 fully saturated rings. The van der Waals surface area contributed by atoms with E-state index >= 15 is 0 Å². The van der Waals surface area contributed by atoms with Crippen LogP contribution in [-0.2, 0) is 6.42 Å². The number of nitrogens with two attached hydrogens (primary N) is 1. The van der Waals surface area contributed by atoms with Gasteiger partial charge in [0.25, 0.3) is 0 Å². The largest absolute Gasteiger partial charge is 0.389 e. The van der Waals surface area contributed by atoms with Gasteiger partial charge in [-0.2, -0.15) is 0 Å². The zero-order valence-electron chi connectivity index (χ0n) is 7.77. The molecule has 4 heteroatoms. The SMILES string of the molecule is Cl.N[C@@H](Cc1ccccc1)[C@H](O)CF. The van der Waals surface area contributed by atoms with E-state index in [4.69, 9.17) is 10.8 Å². The van der Waals surface area contributed by atoms with Crippen LogP contribution >= 0.6 is 12.4 Å². The molecule has 1 aromatic rings. The fourth-order valence-electron chi connectivity index (χ4n) is 1.14. The third-order valence-electron chi connectivity index (χ3n) is 1.97. The van der Waals surface area contributed by atoms with Crippen molar-refractivity contribution in [3.63, 3.8) is 0 Å². The Balaban J connectivity index is 0.00000169. The van der Waals surface area contributed by atoms with Gasteiger partial charge in [-0.3, -0.25) is 0 Å². The first-order valence-corrected chi connectivity index (χ1v) is 4.27. The predicted octanol–water partition coefficient (Wildman–Crippen LogP) is 1.31. The van der Waals surface area contributed by atoms with Gasteiger partial charge in [-0.05, 0) is 12.0 Å². The molecule has 2 nitrogen and oxygen atoms in total. The van der Waals surface area contributed by atoms with Crippen molar-refractivity contribution in [3.8, 4) is 0 Å². The normalized spacial score (nSPS) is 14.2. The number of hydrogen-bond acceptors (Lipinski definition) is 2. The van der Waals surface area contributed by atoms with Gasteiger partial charge in [0.15, 0.2) is 0 Å². The molecule has 0 aliphatic heterocycles. The Morgan fingerprint density at radius 1 is 1.29 bits per heavy atom. The molecule has 0 heterocycles. The number of benzene rings is 1. The molecule has 1 aromatic carbocycles. The van der Waals surface area contributed by atoms with E-state index in [1.54, 1.807) is 0 Å². The van der Waals surface area contributed by atoms with E-state index in [0.717, 1.165) is 5.56 Å². The van der Waals surface area contributed by atoms with Crippen molar-refractivity contribution in [3.05, 3.63) is 35.9 Å². The minimum Gasteiger partial charge on any atom is -0.389 e. The zero-order valence-corrected chi connectivity index (χ0v) is 8.58. The third kappa shape index (κ3) is 4.05. The van der Waals surface area contributed by atoms with Crippen LogP contribution in [0.4, 0.5) is 4.39 Å². The minimum absolute atomic E-state index is 0. The van der Waals surface area contributed by atoms with E-state index < -0.39 is 18.8 Å². The molecule has 0 spiro atoms. The van der Waals surface area contributed by atoms with Crippen LogP contribution in [0.1, 0.15) is 5.56 Å². The van der Waals surface area contributed by atoms with Crippen LogP contribution in [0.25, 0.3) is 0 Å². The minimum atomic E-state index is -1.06. The summed E-state index contributed by atoms with van der Waals surface area (Å²) in [6, 6.07) is 8.98. The van der Waals surface area contributed by atoms with Gasteiger partial charge in [0, 0.05) is 6.04 Å². The molecule has 1 rings (SSSR count). The molecule has 0 saturated carbocycles. The van der Waals surface area contributed by atoms with Crippen molar-refractivity contribution in [2.75, 3.05) is 6.67 Å². The van der Waals surface area contributed by atoms with Gasteiger partial charge in [-0.25, -0.2) is 4.39 Å². The summed E-state index contributed by atoms with van der Waals surface area (Å²) in [7, 11) is 0. The first kappa shape index (κ1) is 13.4. The maximum Gasteiger partial charge on any atom is 0.117 e. The standard InChI is InChI=1S/C10H14FNO.ClH/c11-7-10(13)9(12)6-8-4-2-1-3-5-8;/h1-5,9-10,13H,6-7,12H2;1H/t9-,10+;/m0./s1. The van der Waals surface area contributed by atoms with Gasteiger partial charge in [0.1, 0.15) is 6.67 Å². The molecule has 0 unspecified atom stereocenters. The summed E-state index contributed by atoms with van der Waals surface area (Å²) in [5.74, 6) is 0. The Hall–Kier alpha value is -0.640. The molecule has 3 N–H and O–H groups in total. The second kappa shape index (κ2) is 6.76. The highest BCUT2D eigenvalue weighted by Crippen LogP contribution is 2.04. The summed E-state index contributed by atoms with van der Waals surface area (Å²) in [6.07, 6.45) is -0.549. The molecule has 0 saturated heterocycles. The van der Waals surface area contributed by atoms with Crippen LogP contribution in [0.15, 0.2) is 30.3 Å². The Kier molecular flexibility index (Phi) is 6.45. The molecule has 0 aliphatic carbocycles. The van der Waals surface area contributed by atoms with Crippen LogP contribution in [-0.4, -0.2) is 23.9 Å². The summed E-state index contributed by atoms with van der Waals surface area (Å²) in [4.78, 5) is 0. The van der Waals surface area contributed by atoms with Crippen molar-refractivity contribution in [2.24, 2.45) is 5.73 Å². The van der Waals surface area contributed by atoms with Crippen LogP contribution < -0.4 is 5.73 Å². The van der Waals surface area contributed by atoms with Crippen molar-refractivity contribution in [1.29, 1.82) is 0 Å². The van der Waals surface area contributed by atoms with Gasteiger partial charge in [0.2, 0.25) is 0 Å². The van der Waals surface area contributed by atoms with Crippen LogP contribution in [0.2, 0.25) is 0 Å². The Bertz CT molecular complexity index is 245. The lowest BCUT2D eigenvalue weighted by Crippen LogP contribution is -2.37. The van der Waals surface area contributed by atoms with Gasteiger partial charge in [0.05, 0.1) is 6.10 Å². The second-order valence-electron chi connectivity index (χ2n) is 3.08. The highest BCUT2D eigenvalue weighted by molar-refractivity contribution is 5.85. The van der Waals surface area contributed by atoms with E-state index in [0.29, 0.717) is 6.42 Å². The van der Waals surface area contributed by atoms with Crippen molar-refractivity contribution >= 4 is 12.4 Å². The molecule has 0 amide bonds. The first-order valence-electron chi connectivity index (χ1n) is 4.27. The average Bonchev–Trinajstić information content (AvgIpc) is 2.18. The molecule has 0 aliphatic rings. The molecule has 14 heavy (non-hydrogen) atoms. The van der Waals surface area contributed by atoms with Crippen LogP contribution in [0.5, 0.6) is 0 Å². The lowest BCUT2D eigenvalue weighted by atomic mass is 10.0. The number of alkyl halides is 1. The quantitative estimate of drug-likeness (QED) is 0.802. The number of aliphatic hydroxyl groups is 1.